The largest absolute Gasteiger partial charge is 0.867 e. The summed E-state index contributed by atoms with van der Waals surface area (Å²) in [7, 11) is 0. The van der Waals surface area contributed by atoms with Crippen LogP contribution in [0.3, 0.4) is 0 Å². The van der Waals surface area contributed by atoms with Crippen molar-refractivity contribution in [2.75, 3.05) is 0 Å². The van der Waals surface area contributed by atoms with Crippen molar-refractivity contribution in [3.63, 3.8) is 0 Å². The van der Waals surface area contributed by atoms with Gasteiger partial charge in [-0.25, -0.2) is 4.98 Å². The molecule has 0 saturated heterocycles. The van der Waals surface area contributed by atoms with E-state index in [9.17, 15) is 15.2 Å². The summed E-state index contributed by atoms with van der Waals surface area (Å²) in [6, 6.07) is 16.9. The predicted molar refractivity (Wildman–Crippen MR) is 104 cm³/mol. The molecule has 3 aromatic carbocycles. The van der Waals surface area contributed by atoms with Crippen LogP contribution in [0.25, 0.3) is 22.6 Å². The van der Waals surface area contributed by atoms with Gasteiger partial charge in [0.1, 0.15) is 5.52 Å². The van der Waals surface area contributed by atoms with Crippen molar-refractivity contribution in [1.82, 2.24) is 4.98 Å². The molecule has 0 atom stereocenters. The number of aromatic nitrogens is 1. The van der Waals surface area contributed by atoms with Crippen LogP contribution in [0.4, 0.5) is 11.4 Å². The number of fused-ring (bicyclic) bond motifs is 1. The van der Waals surface area contributed by atoms with Gasteiger partial charge < -0.3 is 9.52 Å². The van der Waals surface area contributed by atoms with Crippen LogP contribution in [-0.4, -0.2) is 16.1 Å². The minimum absolute atomic E-state index is 0.0437. The smallest absolute Gasteiger partial charge is 0.263 e. The number of para-hydroxylation sites is 2. The lowest BCUT2D eigenvalue weighted by molar-refractivity contribution is -0.398. The molecule has 0 fully saturated rings. The van der Waals surface area contributed by atoms with E-state index < -0.39 is 16.4 Å². The zero-order valence-electron chi connectivity index (χ0n) is 14.2. The Balaban J connectivity index is 1.60. The zero-order chi connectivity index (χ0) is 19.7. The molecule has 1 heterocycles. The molecule has 0 aliphatic rings. The molecule has 0 aliphatic heterocycles. The van der Waals surface area contributed by atoms with E-state index in [-0.39, 0.29) is 10.6 Å². The highest BCUT2D eigenvalue weighted by Crippen LogP contribution is 2.31. The molecular formula is C20H11ClN3O4-. The number of rotatable bonds is 4. The fourth-order valence-electron chi connectivity index (χ4n) is 2.66. The van der Waals surface area contributed by atoms with Gasteiger partial charge >= 0.3 is 0 Å². The lowest BCUT2D eigenvalue weighted by Crippen LogP contribution is -2.02. The Morgan fingerprint density at radius 1 is 1.11 bits per heavy atom. The molecular weight excluding hydrogens is 382 g/mol. The normalized spacial score (nSPS) is 11.3. The highest BCUT2D eigenvalue weighted by molar-refractivity contribution is 6.31. The molecule has 0 spiro atoms. The topological polar surface area (TPSA) is 105 Å². The molecule has 4 aromatic rings. The molecule has 0 unspecified atom stereocenters. The summed E-state index contributed by atoms with van der Waals surface area (Å²) in [5.41, 5.74) is 2.26. The number of aliphatic imine (C=N–C) groups is 1. The average Bonchev–Trinajstić information content (AvgIpc) is 3.13. The van der Waals surface area contributed by atoms with Crippen molar-refractivity contribution in [2.24, 2.45) is 4.99 Å². The van der Waals surface area contributed by atoms with Crippen molar-refractivity contribution in [2.45, 2.75) is 0 Å². The van der Waals surface area contributed by atoms with Gasteiger partial charge in [0.2, 0.25) is 5.89 Å². The van der Waals surface area contributed by atoms with E-state index in [2.05, 4.69) is 9.98 Å². The summed E-state index contributed by atoms with van der Waals surface area (Å²) in [5, 5.41) is 23.1. The maximum absolute atomic E-state index is 12.1. The average molecular weight is 393 g/mol. The number of nitro benzene ring substituents is 1. The number of halogens is 1. The number of nitro groups is 1. The number of oxazole rings is 1. The third-order valence-electron chi connectivity index (χ3n) is 4.02. The predicted octanol–water partition coefficient (Wildman–Crippen LogP) is 4.88. The Hall–Kier alpha value is -3.71. The first-order valence-corrected chi connectivity index (χ1v) is 8.54. The second-order valence-electron chi connectivity index (χ2n) is 5.89. The molecule has 7 nitrogen and oxygen atoms in total. The molecule has 0 N–H and O–H groups in total. The third kappa shape index (κ3) is 3.43. The first kappa shape index (κ1) is 17.7. The molecule has 138 valence electrons. The SMILES string of the molecule is O=[N+]([O-])c1cc(Cl)cc(C=Nc2ccc(-c3nc4ccccc4o3)cc2)c1[O-]. The second kappa shape index (κ2) is 7.13. The van der Waals surface area contributed by atoms with Crippen LogP contribution in [0.15, 0.2) is 70.1 Å². The molecule has 0 aliphatic carbocycles. The Morgan fingerprint density at radius 3 is 2.57 bits per heavy atom. The van der Waals surface area contributed by atoms with E-state index in [4.69, 9.17) is 16.0 Å². The Labute approximate surface area is 163 Å². The fourth-order valence-corrected chi connectivity index (χ4v) is 2.88. The first-order valence-electron chi connectivity index (χ1n) is 8.16. The van der Waals surface area contributed by atoms with E-state index in [0.717, 1.165) is 17.1 Å². The van der Waals surface area contributed by atoms with Crippen molar-refractivity contribution in [3.05, 3.63) is 81.4 Å². The van der Waals surface area contributed by atoms with Gasteiger partial charge in [-0.1, -0.05) is 23.7 Å². The van der Waals surface area contributed by atoms with Gasteiger partial charge in [-0.05, 0) is 53.8 Å². The van der Waals surface area contributed by atoms with Crippen molar-refractivity contribution < 1.29 is 14.4 Å². The van der Waals surface area contributed by atoms with Gasteiger partial charge in [0.05, 0.1) is 10.6 Å². The summed E-state index contributed by atoms with van der Waals surface area (Å²) in [6.45, 7) is 0. The monoisotopic (exact) mass is 392 g/mol. The standard InChI is InChI=1S/C20H12ClN3O4/c21-14-9-13(19(25)17(10-14)24(26)27)11-22-15-7-5-12(6-8-15)20-23-16-3-1-2-4-18(16)28-20/h1-11,25H/p-1. The molecule has 4 rings (SSSR count). The Bertz CT molecular complexity index is 1180. The quantitative estimate of drug-likeness (QED) is 0.279. The summed E-state index contributed by atoms with van der Waals surface area (Å²) in [4.78, 5) is 18.8. The van der Waals surface area contributed by atoms with Crippen LogP contribution >= 0.6 is 11.6 Å². The van der Waals surface area contributed by atoms with E-state index >= 15 is 0 Å². The molecule has 8 heteroatoms. The summed E-state index contributed by atoms with van der Waals surface area (Å²) in [5.74, 6) is -0.245. The van der Waals surface area contributed by atoms with Crippen LogP contribution in [-0.2, 0) is 0 Å². The van der Waals surface area contributed by atoms with Gasteiger partial charge in [-0.2, -0.15) is 0 Å². The van der Waals surface area contributed by atoms with Crippen LogP contribution < -0.4 is 5.11 Å². The third-order valence-corrected chi connectivity index (χ3v) is 4.24. The van der Waals surface area contributed by atoms with Crippen molar-refractivity contribution in [1.29, 1.82) is 0 Å². The van der Waals surface area contributed by atoms with E-state index in [0.29, 0.717) is 17.2 Å². The number of benzene rings is 3. The fraction of sp³-hybridized carbons (Fsp3) is 0. The van der Waals surface area contributed by atoms with Crippen molar-refractivity contribution in [3.8, 4) is 17.2 Å². The number of nitrogens with zero attached hydrogens (tertiary/aromatic N) is 3. The van der Waals surface area contributed by atoms with Gasteiger partial charge in [-0.3, -0.25) is 15.1 Å². The minimum Gasteiger partial charge on any atom is -0.867 e. The van der Waals surface area contributed by atoms with Crippen LogP contribution in [0.5, 0.6) is 5.75 Å². The number of hydrogen-bond acceptors (Lipinski definition) is 6. The second-order valence-corrected chi connectivity index (χ2v) is 6.33. The lowest BCUT2D eigenvalue weighted by Gasteiger charge is -2.10. The number of hydrogen-bond donors (Lipinski definition) is 0. The zero-order valence-corrected chi connectivity index (χ0v) is 15.0. The molecule has 0 saturated carbocycles. The van der Waals surface area contributed by atoms with Gasteiger partial charge in [0.25, 0.3) is 5.69 Å². The summed E-state index contributed by atoms with van der Waals surface area (Å²) >= 11 is 5.85. The Morgan fingerprint density at radius 2 is 1.86 bits per heavy atom. The van der Waals surface area contributed by atoms with Gasteiger partial charge in [0, 0.05) is 22.9 Å². The van der Waals surface area contributed by atoms with E-state index in [1.165, 1.54) is 12.3 Å². The molecule has 0 bridgehead atoms. The summed E-state index contributed by atoms with van der Waals surface area (Å²) in [6.07, 6.45) is 1.26. The van der Waals surface area contributed by atoms with Gasteiger partial charge in [-0.15, -0.1) is 0 Å². The van der Waals surface area contributed by atoms with Crippen LogP contribution in [0, 0.1) is 10.1 Å². The van der Waals surface area contributed by atoms with E-state index in [1.54, 1.807) is 24.3 Å². The Kier molecular flexibility index (Phi) is 4.50. The molecule has 0 radical (unpaired) electrons. The maximum atomic E-state index is 12.1. The highest BCUT2D eigenvalue weighted by atomic mass is 35.5. The van der Waals surface area contributed by atoms with Crippen molar-refractivity contribution >= 4 is 40.3 Å². The minimum atomic E-state index is -0.763. The highest BCUT2D eigenvalue weighted by Gasteiger charge is 2.11. The molecule has 0 amide bonds. The molecule has 28 heavy (non-hydrogen) atoms. The van der Waals surface area contributed by atoms with E-state index in [1.807, 2.05) is 24.3 Å². The molecule has 1 aromatic heterocycles. The van der Waals surface area contributed by atoms with Gasteiger partial charge in [0.15, 0.2) is 5.58 Å². The van der Waals surface area contributed by atoms with Crippen LogP contribution in [0.1, 0.15) is 5.56 Å². The maximum Gasteiger partial charge on any atom is 0.263 e. The first-order chi connectivity index (χ1) is 13.5. The lowest BCUT2D eigenvalue weighted by atomic mass is 10.2. The van der Waals surface area contributed by atoms with Crippen LogP contribution in [0.2, 0.25) is 5.02 Å². The summed E-state index contributed by atoms with van der Waals surface area (Å²) < 4.78 is 5.72.